The number of fused-ring (bicyclic) bond motifs is 2. The second-order valence-electron chi connectivity index (χ2n) is 7.86. The lowest BCUT2D eigenvalue weighted by Crippen LogP contribution is -2.31. The van der Waals surface area contributed by atoms with Crippen LogP contribution < -0.4 is 0 Å². The van der Waals surface area contributed by atoms with Crippen LogP contribution in [0.2, 0.25) is 0 Å². The molecule has 0 aliphatic carbocycles. The minimum Gasteiger partial charge on any atom is -0.380 e. The van der Waals surface area contributed by atoms with E-state index in [9.17, 15) is 14.7 Å². The van der Waals surface area contributed by atoms with Crippen LogP contribution in [0.4, 0.5) is 0 Å². The Labute approximate surface area is 164 Å². The van der Waals surface area contributed by atoms with Crippen molar-refractivity contribution in [3.63, 3.8) is 0 Å². The molecule has 1 N–H and O–H groups in total. The Kier molecular flexibility index (Phi) is 6.14. The molecule has 4 heterocycles. The SMILES string of the molecule is CCC1C[C@H]2C(O1)C(N=[N+]=[N-])C(=O)N2C.CCC1C[C@H]2[C@@H](O1)[C@H](O)C(=O)N2C. The van der Waals surface area contributed by atoms with Crippen molar-refractivity contribution in [1.29, 1.82) is 0 Å². The molecule has 0 aromatic heterocycles. The summed E-state index contributed by atoms with van der Waals surface area (Å²) in [6.45, 7) is 4.11. The summed E-state index contributed by atoms with van der Waals surface area (Å²) in [5.74, 6) is -0.332. The zero-order valence-electron chi connectivity index (χ0n) is 16.8. The molecular weight excluding hydrogens is 366 g/mol. The number of aliphatic hydroxyl groups is 1. The first-order valence-electron chi connectivity index (χ1n) is 9.90. The van der Waals surface area contributed by atoms with Gasteiger partial charge in [0.15, 0.2) is 6.10 Å². The van der Waals surface area contributed by atoms with Crippen LogP contribution in [0.25, 0.3) is 10.4 Å². The molecule has 0 aromatic carbocycles. The van der Waals surface area contributed by atoms with Crippen molar-refractivity contribution in [3.05, 3.63) is 10.4 Å². The van der Waals surface area contributed by atoms with E-state index in [0.29, 0.717) is 0 Å². The number of ether oxygens (including phenoxy) is 2. The van der Waals surface area contributed by atoms with Crippen molar-refractivity contribution >= 4 is 11.8 Å². The van der Waals surface area contributed by atoms with Gasteiger partial charge in [-0.2, -0.15) is 0 Å². The molecule has 0 saturated carbocycles. The first-order valence-corrected chi connectivity index (χ1v) is 9.90. The molecule has 4 unspecified atom stereocenters. The number of azide groups is 1. The second kappa shape index (κ2) is 8.24. The third kappa shape index (κ3) is 3.45. The lowest BCUT2D eigenvalue weighted by atomic mass is 10.1. The number of carbonyl (C=O) groups excluding carboxylic acids is 2. The van der Waals surface area contributed by atoms with Crippen LogP contribution in [0, 0.1) is 0 Å². The summed E-state index contributed by atoms with van der Waals surface area (Å²) in [6, 6.07) is -0.494. The molecule has 10 nitrogen and oxygen atoms in total. The Morgan fingerprint density at radius 2 is 1.54 bits per heavy atom. The molecule has 2 amide bonds. The Morgan fingerprint density at radius 1 is 1.04 bits per heavy atom. The van der Waals surface area contributed by atoms with Crippen LogP contribution in [0.3, 0.4) is 0 Å². The highest BCUT2D eigenvalue weighted by Gasteiger charge is 2.52. The number of amides is 2. The number of aliphatic hydroxyl groups excluding tert-OH is 1. The maximum atomic E-state index is 11.7. The van der Waals surface area contributed by atoms with E-state index in [1.165, 1.54) is 0 Å². The van der Waals surface area contributed by atoms with E-state index in [1.54, 1.807) is 23.9 Å². The van der Waals surface area contributed by atoms with Crippen LogP contribution in [0.5, 0.6) is 0 Å². The zero-order valence-corrected chi connectivity index (χ0v) is 16.8. The lowest BCUT2D eigenvalue weighted by Gasteiger charge is -2.16. The van der Waals surface area contributed by atoms with Gasteiger partial charge in [-0.1, -0.05) is 19.0 Å². The van der Waals surface area contributed by atoms with Crippen LogP contribution in [0.15, 0.2) is 5.11 Å². The zero-order chi connectivity index (χ0) is 20.6. The molecule has 4 aliphatic heterocycles. The molecule has 0 spiro atoms. The van der Waals surface area contributed by atoms with Gasteiger partial charge in [-0.05, 0) is 31.2 Å². The molecule has 0 aromatic rings. The van der Waals surface area contributed by atoms with E-state index < -0.39 is 12.1 Å². The lowest BCUT2D eigenvalue weighted by molar-refractivity contribution is -0.137. The van der Waals surface area contributed by atoms with Crippen LogP contribution >= 0.6 is 0 Å². The maximum absolute atomic E-state index is 11.7. The fourth-order valence-corrected chi connectivity index (χ4v) is 4.59. The summed E-state index contributed by atoms with van der Waals surface area (Å²) in [4.78, 5) is 29.0. The van der Waals surface area contributed by atoms with E-state index in [1.807, 2.05) is 0 Å². The van der Waals surface area contributed by atoms with Gasteiger partial charge >= 0.3 is 0 Å². The second-order valence-corrected chi connectivity index (χ2v) is 7.86. The number of carbonyl (C=O) groups is 2. The molecule has 10 heteroatoms. The number of likely N-dealkylation sites (tertiary alicyclic amines) is 2. The van der Waals surface area contributed by atoms with Gasteiger partial charge in [0.1, 0.15) is 12.1 Å². The molecule has 4 aliphatic rings. The van der Waals surface area contributed by atoms with Crippen LogP contribution in [-0.2, 0) is 19.1 Å². The van der Waals surface area contributed by atoms with Crippen molar-refractivity contribution in [3.8, 4) is 0 Å². The highest BCUT2D eigenvalue weighted by atomic mass is 16.5. The number of rotatable bonds is 3. The Morgan fingerprint density at radius 3 is 2.04 bits per heavy atom. The molecule has 4 saturated heterocycles. The predicted molar refractivity (Wildman–Crippen MR) is 99.2 cm³/mol. The molecule has 0 bridgehead atoms. The summed E-state index contributed by atoms with van der Waals surface area (Å²) < 4.78 is 11.3. The van der Waals surface area contributed by atoms with E-state index in [0.717, 1.165) is 25.7 Å². The number of hydrogen-bond donors (Lipinski definition) is 1. The standard InChI is InChI=1S/C9H14N4O2.C9H15NO3/c1-3-5-4-6-8(15-5)7(11-12-10)9(14)13(6)2;1-3-5-4-6-8(13-5)7(11)9(12)10(6)2/h5-8H,3-4H2,1-2H3;5-8,11H,3-4H2,1-2H3/t5?,6-,7?,8?;5?,6-,7-,8+/m00/s1. The number of nitrogens with zero attached hydrogens (tertiary/aromatic N) is 5. The first kappa shape index (κ1) is 20.9. The first-order chi connectivity index (χ1) is 13.3. The van der Waals surface area contributed by atoms with E-state index in [4.69, 9.17) is 15.0 Å². The Balaban J connectivity index is 0.000000162. The Bertz CT molecular complexity index is 649. The van der Waals surface area contributed by atoms with Crippen molar-refractivity contribution in [2.75, 3.05) is 14.1 Å². The summed E-state index contributed by atoms with van der Waals surface area (Å²) in [6.07, 6.45) is 2.51. The molecule has 28 heavy (non-hydrogen) atoms. The smallest absolute Gasteiger partial charge is 0.254 e. The average molecular weight is 395 g/mol. The highest BCUT2D eigenvalue weighted by Crippen LogP contribution is 2.35. The van der Waals surface area contributed by atoms with Crippen LogP contribution in [-0.4, -0.2) is 89.5 Å². The normalized spacial score (nSPS) is 41.5. The van der Waals surface area contributed by atoms with Gasteiger partial charge in [0.25, 0.3) is 5.91 Å². The van der Waals surface area contributed by atoms with Gasteiger partial charge < -0.3 is 24.4 Å². The van der Waals surface area contributed by atoms with E-state index in [2.05, 4.69) is 23.9 Å². The summed E-state index contributed by atoms with van der Waals surface area (Å²) >= 11 is 0. The molecule has 8 atom stereocenters. The van der Waals surface area contributed by atoms with E-state index in [-0.39, 0.29) is 48.3 Å². The molecule has 4 fully saturated rings. The van der Waals surface area contributed by atoms with Crippen molar-refractivity contribution < 1.29 is 24.2 Å². The average Bonchev–Trinajstić information content (AvgIpc) is 3.41. The number of hydrogen-bond acceptors (Lipinski definition) is 6. The molecule has 156 valence electrons. The maximum Gasteiger partial charge on any atom is 0.254 e. The third-order valence-corrected chi connectivity index (χ3v) is 6.37. The summed E-state index contributed by atoms with van der Waals surface area (Å²) in [7, 11) is 3.48. The fraction of sp³-hybridized carbons (Fsp3) is 0.889. The van der Waals surface area contributed by atoms with Gasteiger partial charge in [0.05, 0.1) is 30.4 Å². The molecular formula is C18H29N5O5. The van der Waals surface area contributed by atoms with Crippen molar-refractivity contribution in [1.82, 2.24) is 9.80 Å². The van der Waals surface area contributed by atoms with Gasteiger partial charge in [-0.15, -0.1) is 0 Å². The monoisotopic (exact) mass is 395 g/mol. The summed E-state index contributed by atoms with van der Waals surface area (Å²) in [5.41, 5.74) is 8.41. The van der Waals surface area contributed by atoms with Gasteiger partial charge in [0, 0.05) is 19.0 Å². The summed E-state index contributed by atoms with van der Waals surface area (Å²) in [5, 5.41) is 13.1. The van der Waals surface area contributed by atoms with Crippen LogP contribution in [0.1, 0.15) is 39.5 Å². The highest BCUT2D eigenvalue weighted by molar-refractivity contribution is 5.86. The molecule has 0 radical (unpaired) electrons. The quantitative estimate of drug-likeness (QED) is 0.430. The largest absolute Gasteiger partial charge is 0.380 e. The van der Waals surface area contributed by atoms with Gasteiger partial charge in [0.2, 0.25) is 5.91 Å². The van der Waals surface area contributed by atoms with E-state index >= 15 is 0 Å². The topological polar surface area (TPSA) is 128 Å². The van der Waals surface area contributed by atoms with Crippen molar-refractivity contribution in [2.45, 2.75) is 88.2 Å². The third-order valence-electron chi connectivity index (χ3n) is 6.37. The molecule has 4 rings (SSSR count). The Hall–Kier alpha value is -1.87. The minimum atomic E-state index is -0.938. The number of likely N-dealkylation sites (N-methyl/N-ethyl adjacent to an activating group) is 2. The van der Waals surface area contributed by atoms with Gasteiger partial charge in [-0.3, -0.25) is 9.59 Å². The van der Waals surface area contributed by atoms with Gasteiger partial charge in [-0.25, -0.2) is 0 Å². The minimum absolute atomic E-state index is 0.0814. The van der Waals surface area contributed by atoms with Crippen molar-refractivity contribution in [2.24, 2.45) is 5.11 Å². The predicted octanol–water partition coefficient (Wildman–Crippen LogP) is 0.829. The fourth-order valence-electron chi connectivity index (χ4n) is 4.59.